The summed E-state index contributed by atoms with van der Waals surface area (Å²) in [5, 5.41) is 12.5. The van der Waals surface area contributed by atoms with Crippen molar-refractivity contribution in [2.75, 3.05) is 27.1 Å². The van der Waals surface area contributed by atoms with Gasteiger partial charge in [0.05, 0.1) is 31.8 Å². The Kier molecular flexibility index (Phi) is 9.33. The molecule has 3 aromatic rings. The Labute approximate surface area is 239 Å². The van der Waals surface area contributed by atoms with Gasteiger partial charge in [-0.3, -0.25) is 9.59 Å². The first-order chi connectivity index (χ1) is 19.7. The van der Waals surface area contributed by atoms with Gasteiger partial charge in [-0.05, 0) is 84.7 Å². The molecule has 0 saturated heterocycles. The molecule has 0 unspecified atom stereocenters. The lowest BCUT2D eigenvalue weighted by molar-refractivity contribution is -0.763. The number of fused-ring (bicyclic) bond motifs is 3. The van der Waals surface area contributed by atoms with Crippen molar-refractivity contribution in [3.05, 3.63) is 90.9 Å². The van der Waals surface area contributed by atoms with Crippen LogP contribution in [0.2, 0.25) is 0 Å². The predicted molar refractivity (Wildman–Crippen MR) is 151 cm³/mol. The van der Waals surface area contributed by atoms with Crippen LogP contribution in [0.15, 0.2) is 52.2 Å². The van der Waals surface area contributed by atoms with Crippen molar-refractivity contribution in [3.63, 3.8) is 0 Å². The molecule has 0 heterocycles. The van der Waals surface area contributed by atoms with Crippen LogP contribution in [-0.4, -0.2) is 38.1 Å². The summed E-state index contributed by atoms with van der Waals surface area (Å²) in [5.74, 6) is 0.0498. The predicted octanol–water partition coefficient (Wildman–Crippen LogP) is 5.12. The summed E-state index contributed by atoms with van der Waals surface area (Å²) in [4.78, 5) is 42.0. The molecule has 0 spiro atoms. The van der Waals surface area contributed by atoms with Gasteiger partial charge in [-0.25, -0.2) is 4.39 Å². The van der Waals surface area contributed by atoms with E-state index in [0.29, 0.717) is 52.7 Å². The maximum Gasteiger partial charge on any atom is 0.294 e. The first-order valence-electron chi connectivity index (χ1n) is 12.7. The molecule has 4 rings (SSSR count). The van der Waals surface area contributed by atoms with Gasteiger partial charge in [-0.2, -0.15) is 0 Å². The number of benzene rings is 2. The van der Waals surface area contributed by atoms with Crippen LogP contribution < -0.4 is 25.0 Å². The maximum atomic E-state index is 14.3. The molecule has 0 radical (unpaired) electrons. The van der Waals surface area contributed by atoms with Gasteiger partial charge in [0.1, 0.15) is 12.4 Å². The number of carbonyl (C=O) groups excluding carboxylic acids is 1. The number of amides is 1. The number of rotatable bonds is 10. The van der Waals surface area contributed by atoms with Crippen LogP contribution in [0, 0.1) is 15.9 Å². The Morgan fingerprint density at radius 2 is 1.90 bits per heavy atom. The highest BCUT2D eigenvalue weighted by atomic mass is 32.2. The van der Waals surface area contributed by atoms with E-state index in [0.717, 1.165) is 23.3 Å². The van der Waals surface area contributed by atoms with Crippen LogP contribution in [0.3, 0.4) is 0 Å². The summed E-state index contributed by atoms with van der Waals surface area (Å²) in [7, 11) is 3.05. The summed E-state index contributed by atoms with van der Waals surface area (Å²) in [6, 6.07) is 9.70. The highest BCUT2D eigenvalue weighted by Gasteiger charge is 2.30. The molecule has 3 aromatic carbocycles. The van der Waals surface area contributed by atoms with E-state index in [-0.39, 0.29) is 16.6 Å². The molecule has 1 aliphatic rings. The Morgan fingerprint density at radius 3 is 2.56 bits per heavy atom. The third-order valence-electron chi connectivity index (χ3n) is 6.69. The molecule has 1 atom stereocenters. The summed E-state index contributed by atoms with van der Waals surface area (Å²) in [6.07, 6.45) is 2.63. The third kappa shape index (κ3) is 6.37. The zero-order valence-electron chi connectivity index (χ0n) is 22.9. The van der Waals surface area contributed by atoms with Crippen LogP contribution in [0.5, 0.6) is 17.2 Å². The Hall–Kier alpha value is -4.32. The summed E-state index contributed by atoms with van der Waals surface area (Å²) in [5.41, 5.74) is 2.74. The highest BCUT2D eigenvalue weighted by molar-refractivity contribution is 7.98. The molecule has 0 aliphatic heterocycles. The molecule has 0 aromatic heterocycles. The molecular formula is C29H29FN2O8S. The zero-order valence-corrected chi connectivity index (χ0v) is 23.8. The van der Waals surface area contributed by atoms with Gasteiger partial charge >= 0.3 is 0 Å². The fourth-order valence-electron chi connectivity index (χ4n) is 4.94. The minimum absolute atomic E-state index is 0.0407. The van der Waals surface area contributed by atoms with E-state index in [1.54, 1.807) is 12.3 Å². The molecule has 41 heavy (non-hydrogen) atoms. The van der Waals surface area contributed by atoms with Crippen LogP contribution >= 0.6 is 11.8 Å². The van der Waals surface area contributed by atoms with E-state index < -0.39 is 29.5 Å². The Bertz CT molecular complexity index is 1550. The van der Waals surface area contributed by atoms with Crippen molar-refractivity contribution >= 4 is 17.7 Å². The minimum Gasteiger partial charge on any atom is -0.493 e. The van der Waals surface area contributed by atoms with Gasteiger partial charge in [0.25, 0.3) is 11.0 Å². The summed E-state index contributed by atoms with van der Waals surface area (Å²) >= 11 is 1.31. The Morgan fingerprint density at radius 1 is 1.12 bits per heavy atom. The van der Waals surface area contributed by atoms with Gasteiger partial charge < -0.3 is 24.4 Å². The average molecular weight is 585 g/mol. The smallest absolute Gasteiger partial charge is 0.294 e. The molecule has 10 nitrogen and oxygen atoms in total. The van der Waals surface area contributed by atoms with Gasteiger partial charge in [0, 0.05) is 11.1 Å². The molecular weight excluding hydrogens is 555 g/mol. The maximum absolute atomic E-state index is 14.3. The second kappa shape index (κ2) is 12.9. The van der Waals surface area contributed by atoms with Crippen molar-refractivity contribution in [2.24, 2.45) is 0 Å². The number of hydrogen-bond acceptors (Lipinski definition) is 9. The molecule has 0 fully saturated rings. The van der Waals surface area contributed by atoms with Crippen LogP contribution in [0.1, 0.15) is 46.4 Å². The van der Waals surface area contributed by atoms with E-state index in [9.17, 15) is 24.1 Å². The van der Waals surface area contributed by atoms with Gasteiger partial charge in [-0.15, -0.1) is 21.9 Å². The minimum atomic E-state index is -0.991. The quantitative estimate of drug-likeness (QED) is 0.196. The average Bonchev–Trinajstić information content (AvgIpc) is 3.19. The number of ether oxygens (including phenoxy) is 3. The molecule has 0 saturated carbocycles. The molecule has 0 bridgehead atoms. The number of thioether (sulfide) groups is 1. The Balaban J connectivity index is 1.84. The fraction of sp³-hybridized carbons (Fsp3) is 0.310. The summed E-state index contributed by atoms with van der Waals surface area (Å²) in [6.45, 7) is 1.72. The number of halogens is 1. The van der Waals surface area contributed by atoms with E-state index in [1.807, 2.05) is 19.1 Å². The SMILES string of the molecule is CCOc1c2c(cc(OC)c1OC)-c1ccc(SC)c(=O)cc1[C@@H](NC(=O)c1cc(F)cc(CO[N+](=O)[O-])c1)CC2. The number of methoxy groups -OCH3 is 2. The molecule has 216 valence electrons. The van der Waals surface area contributed by atoms with Gasteiger partial charge in [-0.1, -0.05) is 6.07 Å². The molecule has 1 aliphatic carbocycles. The lowest BCUT2D eigenvalue weighted by Crippen LogP contribution is -2.29. The number of hydrogen-bond donors (Lipinski definition) is 1. The van der Waals surface area contributed by atoms with Crippen LogP contribution in [0.25, 0.3) is 11.1 Å². The first kappa shape index (κ1) is 29.7. The van der Waals surface area contributed by atoms with Crippen molar-refractivity contribution in [1.29, 1.82) is 0 Å². The van der Waals surface area contributed by atoms with Gasteiger partial charge in [0.2, 0.25) is 5.75 Å². The number of carbonyl (C=O) groups is 1. The highest BCUT2D eigenvalue weighted by Crippen LogP contribution is 2.49. The van der Waals surface area contributed by atoms with E-state index in [1.165, 1.54) is 38.1 Å². The zero-order chi connectivity index (χ0) is 29.7. The van der Waals surface area contributed by atoms with E-state index >= 15 is 0 Å². The first-order valence-corrected chi connectivity index (χ1v) is 13.9. The molecule has 1 amide bonds. The number of nitrogens with zero attached hydrogens (tertiary/aromatic N) is 1. The standard InChI is InChI=1S/C29H29FN2O8S/c1-5-39-27-20-6-8-23(31-29(34)17-10-16(11-18(30)12-17)15-40-32(35)36)22-13-24(33)26(41-4)9-7-19(22)21(20)14-25(37-2)28(27)38-3/h7,9-14,23H,5-6,8,15H2,1-4H3,(H,31,34)/t23-/m0/s1. The second-order valence-electron chi connectivity index (χ2n) is 9.09. The monoisotopic (exact) mass is 584 g/mol. The van der Waals surface area contributed by atoms with Crippen molar-refractivity contribution < 1.29 is 33.3 Å². The summed E-state index contributed by atoms with van der Waals surface area (Å²) < 4.78 is 31.6. The van der Waals surface area contributed by atoms with Crippen molar-refractivity contribution in [1.82, 2.24) is 5.32 Å². The molecule has 12 heteroatoms. The van der Waals surface area contributed by atoms with Gasteiger partial charge in [0.15, 0.2) is 16.9 Å². The number of nitrogens with one attached hydrogen (secondary N) is 1. The van der Waals surface area contributed by atoms with Crippen molar-refractivity contribution in [3.8, 4) is 28.4 Å². The lowest BCUT2D eigenvalue weighted by Gasteiger charge is -2.19. The van der Waals surface area contributed by atoms with Crippen molar-refractivity contribution in [2.45, 2.75) is 37.3 Å². The molecule has 1 N–H and O–H groups in total. The largest absolute Gasteiger partial charge is 0.493 e. The van der Waals surface area contributed by atoms with Crippen LogP contribution in [0.4, 0.5) is 4.39 Å². The fourth-order valence-corrected chi connectivity index (χ4v) is 5.41. The van der Waals surface area contributed by atoms with Crippen LogP contribution in [-0.2, 0) is 17.9 Å². The van der Waals surface area contributed by atoms with E-state index in [2.05, 4.69) is 10.2 Å². The lowest BCUT2D eigenvalue weighted by atomic mass is 9.96. The second-order valence-corrected chi connectivity index (χ2v) is 9.94. The third-order valence-corrected chi connectivity index (χ3v) is 7.47. The van der Waals surface area contributed by atoms with E-state index in [4.69, 9.17) is 14.2 Å². The topological polar surface area (TPSA) is 126 Å². The normalized spacial score (nSPS) is 13.7.